The van der Waals surface area contributed by atoms with E-state index in [1.807, 2.05) is 36.4 Å². The molecule has 0 unspecified atom stereocenters. The van der Waals surface area contributed by atoms with Crippen molar-refractivity contribution in [1.82, 2.24) is 9.97 Å². The predicted octanol–water partition coefficient (Wildman–Crippen LogP) is 4.00. The van der Waals surface area contributed by atoms with Crippen molar-refractivity contribution in [3.05, 3.63) is 58.7 Å². The van der Waals surface area contributed by atoms with Gasteiger partial charge in [-0.05, 0) is 57.5 Å². The molecule has 0 aliphatic carbocycles. The van der Waals surface area contributed by atoms with Gasteiger partial charge in [0.15, 0.2) is 0 Å². The topological polar surface area (TPSA) is 51.8 Å². The van der Waals surface area contributed by atoms with E-state index >= 15 is 0 Å². The molecule has 3 aromatic rings. The average Bonchev–Trinajstić information content (AvgIpc) is 2.49. The Morgan fingerprint density at radius 1 is 1.10 bits per heavy atom. The van der Waals surface area contributed by atoms with E-state index in [4.69, 9.17) is 10.7 Å². The molecule has 1 aromatic carbocycles. The van der Waals surface area contributed by atoms with E-state index < -0.39 is 0 Å². The number of nitrogens with two attached hydrogens (primary N) is 1. The first-order valence-corrected chi connectivity index (χ1v) is 7.76. The quantitative estimate of drug-likeness (QED) is 0.779. The Morgan fingerprint density at radius 3 is 2.75 bits per heavy atom. The lowest BCUT2D eigenvalue weighted by atomic mass is 10.1. The van der Waals surface area contributed by atoms with Crippen molar-refractivity contribution < 1.29 is 0 Å². The number of para-hydroxylation sites is 1. The second-order valence-corrected chi connectivity index (χ2v) is 6.07. The summed E-state index contributed by atoms with van der Waals surface area (Å²) in [5.74, 6) is 0. The molecule has 2 aromatic heterocycles. The number of rotatable bonds is 3. The Balaban J connectivity index is 2.08. The molecule has 5 heteroatoms. The first-order valence-electron chi connectivity index (χ1n) is 6.15. The van der Waals surface area contributed by atoms with Crippen molar-refractivity contribution in [3.8, 4) is 0 Å². The van der Waals surface area contributed by atoms with Crippen LogP contribution in [0.4, 0.5) is 0 Å². The first kappa shape index (κ1) is 13.5. The lowest BCUT2D eigenvalue weighted by Gasteiger charge is -2.09. The summed E-state index contributed by atoms with van der Waals surface area (Å²) in [4.78, 5) is 9.07. The molecule has 3 rings (SSSR count). The van der Waals surface area contributed by atoms with Gasteiger partial charge in [0, 0.05) is 18.1 Å². The summed E-state index contributed by atoms with van der Waals surface area (Å²) in [6.07, 6.45) is 1.77. The fourth-order valence-electron chi connectivity index (χ4n) is 1.91. The van der Waals surface area contributed by atoms with Crippen molar-refractivity contribution in [2.45, 2.75) is 16.6 Å². The molecule has 0 amide bonds. The standard InChI is InChI=1S/C15H12BrN3S/c16-12-5-3-7-18-15(12)20-14-11(9-17)8-10-4-1-2-6-13(10)19-14/h1-8H,9,17H2. The second-order valence-electron chi connectivity index (χ2n) is 4.24. The summed E-state index contributed by atoms with van der Waals surface area (Å²) in [6.45, 7) is 0.463. The Morgan fingerprint density at radius 2 is 1.95 bits per heavy atom. The number of benzene rings is 1. The van der Waals surface area contributed by atoms with Crippen LogP contribution in [0.2, 0.25) is 0 Å². The highest BCUT2D eigenvalue weighted by Gasteiger charge is 2.10. The summed E-state index contributed by atoms with van der Waals surface area (Å²) in [5.41, 5.74) is 7.85. The summed E-state index contributed by atoms with van der Waals surface area (Å²) < 4.78 is 0.961. The van der Waals surface area contributed by atoms with Crippen molar-refractivity contribution in [2.24, 2.45) is 5.73 Å². The van der Waals surface area contributed by atoms with Gasteiger partial charge in [-0.3, -0.25) is 0 Å². The normalized spacial score (nSPS) is 10.9. The number of halogens is 1. The minimum Gasteiger partial charge on any atom is -0.326 e. The van der Waals surface area contributed by atoms with Crippen LogP contribution in [-0.2, 0) is 6.54 Å². The van der Waals surface area contributed by atoms with Gasteiger partial charge < -0.3 is 5.73 Å². The van der Waals surface area contributed by atoms with Crippen molar-refractivity contribution in [2.75, 3.05) is 0 Å². The summed E-state index contributed by atoms with van der Waals surface area (Å²) >= 11 is 5.04. The molecule has 0 atom stereocenters. The summed E-state index contributed by atoms with van der Waals surface area (Å²) in [5, 5.41) is 2.91. The van der Waals surface area contributed by atoms with E-state index in [9.17, 15) is 0 Å². The van der Waals surface area contributed by atoms with Crippen LogP contribution in [0.1, 0.15) is 5.56 Å². The molecule has 0 fully saturated rings. The van der Waals surface area contributed by atoms with Crippen LogP contribution in [0.15, 0.2) is 63.2 Å². The van der Waals surface area contributed by atoms with Gasteiger partial charge in [0.25, 0.3) is 0 Å². The zero-order valence-corrected chi connectivity index (χ0v) is 13.0. The molecule has 0 radical (unpaired) electrons. The van der Waals surface area contributed by atoms with E-state index in [0.29, 0.717) is 6.54 Å². The van der Waals surface area contributed by atoms with Gasteiger partial charge in [-0.1, -0.05) is 18.2 Å². The molecule has 3 nitrogen and oxygen atoms in total. The third kappa shape index (κ3) is 2.70. The number of fused-ring (bicyclic) bond motifs is 1. The zero-order chi connectivity index (χ0) is 13.9. The van der Waals surface area contributed by atoms with Crippen molar-refractivity contribution >= 4 is 38.6 Å². The van der Waals surface area contributed by atoms with Crippen LogP contribution >= 0.6 is 27.7 Å². The molecule has 0 spiro atoms. The van der Waals surface area contributed by atoms with E-state index in [0.717, 1.165) is 31.0 Å². The highest BCUT2D eigenvalue weighted by atomic mass is 79.9. The Labute approximate surface area is 129 Å². The molecule has 0 saturated heterocycles. The van der Waals surface area contributed by atoms with Crippen LogP contribution in [0.25, 0.3) is 10.9 Å². The fraction of sp³-hybridized carbons (Fsp3) is 0.0667. The van der Waals surface area contributed by atoms with Crippen LogP contribution < -0.4 is 5.73 Å². The van der Waals surface area contributed by atoms with Gasteiger partial charge in [-0.25, -0.2) is 9.97 Å². The van der Waals surface area contributed by atoms with E-state index in [-0.39, 0.29) is 0 Å². The fourth-order valence-corrected chi connectivity index (χ4v) is 3.29. The number of pyridine rings is 2. The largest absolute Gasteiger partial charge is 0.326 e. The van der Waals surface area contributed by atoms with Gasteiger partial charge >= 0.3 is 0 Å². The maximum absolute atomic E-state index is 5.85. The number of hydrogen-bond donors (Lipinski definition) is 1. The predicted molar refractivity (Wildman–Crippen MR) is 85.7 cm³/mol. The van der Waals surface area contributed by atoms with Gasteiger partial charge in [-0.2, -0.15) is 0 Å². The zero-order valence-electron chi connectivity index (χ0n) is 10.6. The number of nitrogens with zero attached hydrogens (tertiary/aromatic N) is 2. The van der Waals surface area contributed by atoms with Gasteiger partial charge in [0.2, 0.25) is 0 Å². The van der Waals surface area contributed by atoms with E-state index in [2.05, 4.69) is 27.0 Å². The van der Waals surface area contributed by atoms with Crippen molar-refractivity contribution in [3.63, 3.8) is 0 Å². The number of hydrogen-bond acceptors (Lipinski definition) is 4. The first-order chi connectivity index (χ1) is 9.78. The van der Waals surface area contributed by atoms with Crippen LogP contribution in [0.5, 0.6) is 0 Å². The maximum Gasteiger partial charge on any atom is 0.116 e. The maximum atomic E-state index is 5.85. The Kier molecular flexibility index (Phi) is 4.00. The highest BCUT2D eigenvalue weighted by Crippen LogP contribution is 2.33. The molecule has 0 saturated carbocycles. The molecule has 2 heterocycles. The molecule has 0 aliphatic rings. The highest BCUT2D eigenvalue weighted by molar-refractivity contribution is 9.10. The van der Waals surface area contributed by atoms with Gasteiger partial charge in [-0.15, -0.1) is 0 Å². The van der Waals surface area contributed by atoms with Crippen molar-refractivity contribution in [1.29, 1.82) is 0 Å². The van der Waals surface area contributed by atoms with Crippen LogP contribution in [-0.4, -0.2) is 9.97 Å². The van der Waals surface area contributed by atoms with Crippen LogP contribution in [0, 0.1) is 0 Å². The molecule has 0 aliphatic heterocycles. The molecular formula is C15H12BrN3S. The van der Waals surface area contributed by atoms with Crippen LogP contribution in [0.3, 0.4) is 0 Å². The number of aromatic nitrogens is 2. The van der Waals surface area contributed by atoms with Gasteiger partial charge in [0.1, 0.15) is 10.1 Å². The Bertz CT molecular complexity index is 761. The summed E-state index contributed by atoms with van der Waals surface area (Å²) in [6, 6.07) is 14.0. The molecular weight excluding hydrogens is 334 g/mol. The lowest BCUT2D eigenvalue weighted by molar-refractivity contribution is 0.976. The molecule has 0 bridgehead atoms. The molecule has 20 heavy (non-hydrogen) atoms. The monoisotopic (exact) mass is 345 g/mol. The molecule has 100 valence electrons. The van der Waals surface area contributed by atoms with Gasteiger partial charge in [0.05, 0.1) is 9.99 Å². The van der Waals surface area contributed by atoms with E-state index in [1.165, 1.54) is 11.8 Å². The third-order valence-corrected chi connectivity index (χ3v) is 4.87. The molecule has 2 N–H and O–H groups in total. The minimum atomic E-state index is 0.463. The lowest BCUT2D eigenvalue weighted by Crippen LogP contribution is -2.01. The summed E-state index contributed by atoms with van der Waals surface area (Å²) in [7, 11) is 0. The van der Waals surface area contributed by atoms with E-state index in [1.54, 1.807) is 6.20 Å². The SMILES string of the molecule is NCc1cc2ccccc2nc1Sc1ncccc1Br. The third-order valence-electron chi connectivity index (χ3n) is 2.90. The second kappa shape index (κ2) is 5.91. The smallest absolute Gasteiger partial charge is 0.116 e. The average molecular weight is 346 g/mol. The Hall–Kier alpha value is -1.43. The minimum absolute atomic E-state index is 0.463.